The number of hydrogen-bond acceptors (Lipinski definition) is 7. The first-order chi connectivity index (χ1) is 16.9. The second-order valence-corrected chi connectivity index (χ2v) is 8.85. The average Bonchev–Trinajstić information content (AvgIpc) is 2.83. The fraction of sp³-hybridized carbons (Fsp3) is 0.417. The van der Waals surface area contributed by atoms with Crippen molar-refractivity contribution in [2.75, 3.05) is 44.2 Å². The monoisotopic (exact) mass is 483 g/mol. The highest BCUT2D eigenvalue weighted by atomic mass is 19.1. The molecule has 1 amide bonds. The number of hydrazine groups is 1. The van der Waals surface area contributed by atoms with Crippen LogP contribution in [0.5, 0.6) is 0 Å². The lowest BCUT2D eigenvalue weighted by molar-refractivity contribution is 0.0636. The van der Waals surface area contributed by atoms with E-state index in [9.17, 15) is 14.0 Å². The number of H-pyrrole nitrogens is 1. The van der Waals surface area contributed by atoms with Gasteiger partial charge in [0.1, 0.15) is 16.9 Å². The highest BCUT2D eigenvalue weighted by Crippen LogP contribution is 2.23. The molecule has 0 unspecified atom stereocenters. The van der Waals surface area contributed by atoms with E-state index < -0.39 is 17.7 Å². The number of benzene rings is 1. The van der Waals surface area contributed by atoms with Crippen LogP contribution in [-0.4, -0.2) is 70.0 Å². The summed E-state index contributed by atoms with van der Waals surface area (Å²) >= 11 is 0. The summed E-state index contributed by atoms with van der Waals surface area (Å²) < 4.78 is 29.8. The van der Waals surface area contributed by atoms with Crippen LogP contribution in [0.25, 0.3) is 11.0 Å². The first-order valence-corrected chi connectivity index (χ1v) is 11.8. The van der Waals surface area contributed by atoms with Gasteiger partial charge < -0.3 is 9.88 Å². The Morgan fingerprint density at radius 2 is 1.83 bits per heavy atom. The van der Waals surface area contributed by atoms with Crippen molar-refractivity contribution in [2.24, 2.45) is 0 Å². The molecule has 0 spiro atoms. The number of aromatic nitrogens is 3. The molecular formula is C24H27F2N7O2. The Kier molecular flexibility index (Phi) is 6.44. The van der Waals surface area contributed by atoms with Gasteiger partial charge in [0.2, 0.25) is 5.95 Å². The van der Waals surface area contributed by atoms with Crippen LogP contribution < -0.4 is 15.9 Å². The van der Waals surface area contributed by atoms with Gasteiger partial charge in [-0.25, -0.2) is 19.4 Å². The van der Waals surface area contributed by atoms with Gasteiger partial charge in [0.15, 0.2) is 5.82 Å². The van der Waals surface area contributed by atoms with Crippen molar-refractivity contribution in [1.82, 2.24) is 30.3 Å². The lowest BCUT2D eigenvalue weighted by Crippen LogP contribution is -2.50. The smallest absolute Gasteiger partial charge is 0.284 e. The molecule has 1 aromatic carbocycles. The summed E-state index contributed by atoms with van der Waals surface area (Å²) in [6.07, 6.45) is 1.50. The topological polar surface area (TPSA) is 97.5 Å². The number of nitrogens with zero attached hydrogens (tertiary/aromatic N) is 5. The van der Waals surface area contributed by atoms with Crippen LogP contribution in [-0.2, 0) is 13.0 Å². The Balaban J connectivity index is 1.23. The summed E-state index contributed by atoms with van der Waals surface area (Å²) in [5, 5.41) is 1.77. The van der Waals surface area contributed by atoms with E-state index in [1.807, 2.05) is 11.8 Å². The molecule has 0 atom stereocenters. The fourth-order valence-corrected chi connectivity index (χ4v) is 4.37. The highest BCUT2D eigenvalue weighted by molar-refractivity contribution is 5.92. The number of piperazine rings is 1. The largest absolute Gasteiger partial charge is 0.365 e. The zero-order valence-electron chi connectivity index (χ0n) is 19.5. The summed E-state index contributed by atoms with van der Waals surface area (Å²) in [6, 6.07) is 6.53. The molecule has 0 bridgehead atoms. The number of hydrogen-bond donors (Lipinski definition) is 2. The van der Waals surface area contributed by atoms with Crippen molar-refractivity contribution in [3.63, 3.8) is 0 Å². The summed E-state index contributed by atoms with van der Waals surface area (Å²) in [5.74, 6) is -1.57. The van der Waals surface area contributed by atoms with Crippen LogP contribution in [0.15, 0.2) is 29.1 Å². The van der Waals surface area contributed by atoms with Crippen molar-refractivity contribution in [3.8, 4) is 0 Å². The van der Waals surface area contributed by atoms with Crippen molar-refractivity contribution >= 4 is 22.6 Å². The van der Waals surface area contributed by atoms with Gasteiger partial charge >= 0.3 is 0 Å². The molecule has 5 rings (SSSR count). The highest BCUT2D eigenvalue weighted by Gasteiger charge is 2.24. The SMILES string of the molecule is CCc1nc2ccc(CN3CCN(c4ccc(C(=O)NN5CCC5)nc4F)CC3)c(F)c2[nH]c1=O. The molecule has 0 saturated carbocycles. The van der Waals surface area contributed by atoms with Gasteiger partial charge in [-0.15, -0.1) is 0 Å². The number of aromatic amines is 1. The standard InChI is InChI=1S/C24H27F2N7O2/c1-2-16-23(34)29-21-17(27-16)5-4-15(20(21)25)14-31-10-12-32(13-11-31)19-7-6-18(28-22(19)26)24(35)30-33-8-3-9-33/h4-7H,2-3,8-14H2,1H3,(H,29,34)(H,30,35). The Morgan fingerprint density at radius 1 is 1.06 bits per heavy atom. The number of anilines is 1. The number of halogens is 2. The maximum absolute atomic E-state index is 15.1. The molecular weight excluding hydrogens is 456 g/mol. The third-order valence-corrected chi connectivity index (χ3v) is 6.58. The van der Waals surface area contributed by atoms with E-state index in [0.717, 1.165) is 19.5 Å². The van der Waals surface area contributed by atoms with Crippen LogP contribution in [0, 0.1) is 11.8 Å². The quantitative estimate of drug-likeness (QED) is 0.517. The van der Waals surface area contributed by atoms with Gasteiger partial charge in [-0.1, -0.05) is 13.0 Å². The molecule has 9 nitrogen and oxygen atoms in total. The molecule has 2 saturated heterocycles. The van der Waals surface area contributed by atoms with Crippen LogP contribution in [0.4, 0.5) is 14.5 Å². The molecule has 0 radical (unpaired) electrons. The van der Waals surface area contributed by atoms with E-state index in [1.54, 1.807) is 23.2 Å². The second kappa shape index (κ2) is 9.67. The number of aryl methyl sites for hydroxylation is 1. The van der Waals surface area contributed by atoms with Gasteiger partial charge in [-0.3, -0.25) is 19.9 Å². The minimum Gasteiger partial charge on any atom is -0.365 e. The Labute approximate surface area is 200 Å². The zero-order valence-corrected chi connectivity index (χ0v) is 19.5. The summed E-state index contributed by atoms with van der Waals surface area (Å²) in [6.45, 7) is 6.02. The van der Waals surface area contributed by atoms with Gasteiger partial charge in [0.05, 0.1) is 11.2 Å². The molecule has 2 aromatic heterocycles. The van der Waals surface area contributed by atoms with Crippen molar-refractivity contribution < 1.29 is 13.6 Å². The normalized spacial score (nSPS) is 16.9. The Hall–Kier alpha value is -3.44. The molecule has 2 aliphatic heterocycles. The van der Waals surface area contributed by atoms with Crippen LogP contribution in [0.2, 0.25) is 0 Å². The minimum absolute atomic E-state index is 0.0437. The summed E-state index contributed by atoms with van der Waals surface area (Å²) in [4.78, 5) is 39.0. The number of pyridine rings is 1. The maximum atomic E-state index is 15.1. The van der Waals surface area contributed by atoms with Gasteiger partial charge in [-0.05, 0) is 31.0 Å². The summed E-state index contributed by atoms with van der Waals surface area (Å²) in [5.41, 5.74) is 4.12. The fourth-order valence-electron chi connectivity index (χ4n) is 4.37. The van der Waals surface area contributed by atoms with Gasteiger partial charge in [-0.2, -0.15) is 4.39 Å². The van der Waals surface area contributed by atoms with E-state index in [2.05, 4.69) is 25.3 Å². The van der Waals surface area contributed by atoms with E-state index >= 15 is 4.39 Å². The zero-order chi connectivity index (χ0) is 24.5. The number of fused-ring (bicyclic) bond motifs is 1. The lowest BCUT2D eigenvalue weighted by atomic mass is 10.1. The number of rotatable bonds is 6. The predicted molar refractivity (Wildman–Crippen MR) is 127 cm³/mol. The van der Waals surface area contributed by atoms with Gasteiger partial charge in [0, 0.05) is 51.4 Å². The van der Waals surface area contributed by atoms with E-state index in [4.69, 9.17) is 0 Å². The first-order valence-electron chi connectivity index (χ1n) is 11.8. The molecule has 2 aliphatic rings. The lowest BCUT2D eigenvalue weighted by Gasteiger charge is -2.36. The molecule has 11 heteroatoms. The van der Waals surface area contributed by atoms with Crippen LogP contribution in [0.1, 0.15) is 35.1 Å². The second-order valence-electron chi connectivity index (χ2n) is 8.85. The van der Waals surface area contributed by atoms with Crippen LogP contribution in [0.3, 0.4) is 0 Å². The molecule has 0 aliphatic carbocycles. The third-order valence-electron chi connectivity index (χ3n) is 6.58. The number of carbonyl (C=O) groups excluding carboxylic acids is 1. The van der Waals surface area contributed by atoms with E-state index in [0.29, 0.717) is 61.6 Å². The molecule has 2 fully saturated rings. The number of amides is 1. The predicted octanol–water partition coefficient (Wildman–Crippen LogP) is 1.83. The van der Waals surface area contributed by atoms with Crippen molar-refractivity contribution in [2.45, 2.75) is 26.3 Å². The van der Waals surface area contributed by atoms with Crippen molar-refractivity contribution in [3.05, 3.63) is 63.3 Å². The van der Waals surface area contributed by atoms with E-state index in [-0.39, 0.29) is 16.8 Å². The third kappa shape index (κ3) is 4.73. The molecule has 3 aromatic rings. The minimum atomic E-state index is -0.682. The Morgan fingerprint density at radius 3 is 2.49 bits per heavy atom. The van der Waals surface area contributed by atoms with Crippen LogP contribution >= 0.6 is 0 Å². The van der Waals surface area contributed by atoms with Gasteiger partial charge in [0.25, 0.3) is 11.5 Å². The molecule has 2 N–H and O–H groups in total. The molecule has 35 heavy (non-hydrogen) atoms. The summed E-state index contributed by atoms with van der Waals surface area (Å²) in [7, 11) is 0. The number of carbonyl (C=O) groups is 1. The average molecular weight is 484 g/mol. The first kappa shape index (κ1) is 23.3. The molecule has 4 heterocycles. The van der Waals surface area contributed by atoms with Crippen molar-refractivity contribution in [1.29, 1.82) is 0 Å². The van der Waals surface area contributed by atoms with E-state index in [1.165, 1.54) is 6.07 Å². The maximum Gasteiger partial charge on any atom is 0.284 e. The molecule has 184 valence electrons. The Bertz CT molecular complexity index is 1320. The number of nitrogens with one attached hydrogen (secondary N) is 2.